The largest absolute Gasteiger partial charge is 0.444 e. The molecule has 1 aliphatic carbocycles. The number of halogens is 1. The summed E-state index contributed by atoms with van der Waals surface area (Å²) in [5, 5.41) is 3.43. The molecule has 1 spiro atoms. The minimum Gasteiger partial charge on any atom is -0.444 e. The van der Waals surface area contributed by atoms with Gasteiger partial charge in [0.25, 0.3) is 0 Å². The van der Waals surface area contributed by atoms with E-state index in [-0.39, 0.29) is 24.0 Å². The number of guanidine groups is 1. The van der Waals surface area contributed by atoms with Gasteiger partial charge < -0.3 is 14.6 Å². The number of thioether (sulfide) groups is 1. The molecule has 0 bridgehead atoms. The molecule has 2 heterocycles. The van der Waals surface area contributed by atoms with Crippen LogP contribution in [0.5, 0.6) is 0 Å². The van der Waals surface area contributed by atoms with Gasteiger partial charge in [0.1, 0.15) is 5.76 Å². The fourth-order valence-electron chi connectivity index (χ4n) is 3.63. The molecule has 2 fully saturated rings. The zero-order valence-electron chi connectivity index (χ0n) is 14.9. The van der Waals surface area contributed by atoms with Gasteiger partial charge in [-0.1, -0.05) is 19.3 Å². The van der Waals surface area contributed by atoms with Crippen molar-refractivity contribution in [1.29, 1.82) is 0 Å². The van der Waals surface area contributed by atoms with E-state index in [0.29, 0.717) is 11.3 Å². The van der Waals surface area contributed by atoms with E-state index in [2.05, 4.69) is 32.0 Å². The lowest BCUT2D eigenvalue weighted by Gasteiger charge is -2.45. The topological polar surface area (TPSA) is 53.7 Å². The van der Waals surface area contributed by atoms with Crippen molar-refractivity contribution in [3.8, 4) is 0 Å². The highest BCUT2D eigenvalue weighted by Gasteiger charge is 2.38. The maximum absolute atomic E-state index is 5.66. The SMILES string of the molecule is CN=C(NCc1nc(C)c(C)o1)N1CCSC2(CCCCC2)C1.I. The van der Waals surface area contributed by atoms with Crippen LogP contribution in [0, 0.1) is 13.8 Å². The molecule has 1 N–H and O–H groups in total. The van der Waals surface area contributed by atoms with E-state index in [1.54, 1.807) is 0 Å². The molecule has 2 aliphatic rings. The predicted octanol–water partition coefficient (Wildman–Crippen LogP) is 3.74. The molecule has 24 heavy (non-hydrogen) atoms. The first-order chi connectivity index (χ1) is 11.1. The molecule has 1 aromatic heterocycles. The Kier molecular flexibility index (Phi) is 7.27. The smallest absolute Gasteiger partial charge is 0.214 e. The van der Waals surface area contributed by atoms with E-state index in [0.717, 1.165) is 36.4 Å². The van der Waals surface area contributed by atoms with Gasteiger partial charge in [0.15, 0.2) is 5.96 Å². The van der Waals surface area contributed by atoms with Crippen molar-refractivity contribution in [3.63, 3.8) is 0 Å². The Morgan fingerprint density at radius 3 is 2.71 bits per heavy atom. The Morgan fingerprint density at radius 2 is 2.08 bits per heavy atom. The summed E-state index contributed by atoms with van der Waals surface area (Å²) in [7, 11) is 1.86. The zero-order valence-corrected chi connectivity index (χ0v) is 18.1. The summed E-state index contributed by atoms with van der Waals surface area (Å²) in [6, 6.07) is 0. The van der Waals surface area contributed by atoms with Crippen LogP contribution < -0.4 is 5.32 Å². The molecule has 136 valence electrons. The number of nitrogens with one attached hydrogen (secondary N) is 1. The Morgan fingerprint density at radius 1 is 1.33 bits per heavy atom. The Labute approximate surface area is 166 Å². The van der Waals surface area contributed by atoms with Gasteiger partial charge in [-0.3, -0.25) is 4.99 Å². The Hall–Kier alpha value is -0.440. The first-order valence-electron chi connectivity index (χ1n) is 8.64. The highest BCUT2D eigenvalue weighted by molar-refractivity contribution is 14.0. The van der Waals surface area contributed by atoms with Crippen molar-refractivity contribution in [2.24, 2.45) is 4.99 Å². The lowest BCUT2D eigenvalue weighted by atomic mass is 9.87. The van der Waals surface area contributed by atoms with Gasteiger partial charge in [0.05, 0.1) is 12.2 Å². The van der Waals surface area contributed by atoms with Crippen molar-refractivity contribution >= 4 is 41.7 Å². The summed E-state index contributed by atoms with van der Waals surface area (Å²) < 4.78 is 6.10. The molecule has 5 nitrogen and oxygen atoms in total. The number of oxazole rings is 1. The highest BCUT2D eigenvalue weighted by Crippen LogP contribution is 2.42. The molecule has 0 radical (unpaired) electrons. The lowest BCUT2D eigenvalue weighted by Crippen LogP contribution is -2.53. The van der Waals surface area contributed by atoms with E-state index in [1.807, 2.05) is 20.9 Å². The van der Waals surface area contributed by atoms with Crippen LogP contribution in [-0.4, -0.2) is 46.5 Å². The number of hydrogen-bond acceptors (Lipinski definition) is 4. The number of aliphatic imine (C=N–C) groups is 1. The number of aryl methyl sites for hydroxylation is 2. The lowest BCUT2D eigenvalue weighted by molar-refractivity contribution is 0.292. The third-order valence-electron chi connectivity index (χ3n) is 5.00. The maximum atomic E-state index is 5.66. The first-order valence-corrected chi connectivity index (χ1v) is 9.63. The van der Waals surface area contributed by atoms with Crippen molar-refractivity contribution in [2.75, 3.05) is 25.9 Å². The highest BCUT2D eigenvalue weighted by atomic mass is 127. The molecular formula is C17H29IN4OS. The number of rotatable bonds is 2. The minimum atomic E-state index is 0. The quantitative estimate of drug-likeness (QED) is 0.411. The van der Waals surface area contributed by atoms with Crippen LogP contribution in [-0.2, 0) is 6.54 Å². The summed E-state index contributed by atoms with van der Waals surface area (Å²) in [6.45, 7) is 6.70. The van der Waals surface area contributed by atoms with Crippen LogP contribution >= 0.6 is 35.7 Å². The summed E-state index contributed by atoms with van der Waals surface area (Å²) in [6.07, 6.45) is 6.86. The number of nitrogens with zero attached hydrogens (tertiary/aromatic N) is 3. The van der Waals surface area contributed by atoms with Crippen LogP contribution in [0.2, 0.25) is 0 Å². The molecule has 0 aromatic carbocycles. The monoisotopic (exact) mass is 464 g/mol. The average molecular weight is 464 g/mol. The van der Waals surface area contributed by atoms with Crippen molar-refractivity contribution in [3.05, 3.63) is 17.3 Å². The van der Waals surface area contributed by atoms with Crippen LogP contribution in [0.25, 0.3) is 0 Å². The van der Waals surface area contributed by atoms with E-state index in [4.69, 9.17) is 4.42 Å². The molecule has 0 atom stereocenters. The Balaban J connectivity index is 0.00000208. The summed E-state index contributed by atoms with van der Waals surface area (Å²) in [4.78, 5) is 11.3. The predicted molar refractivity (Wildman–Crippen MR) is 111 cm³/mol. The van der Waals surface area contributed by atoms with E-state index in [1.165, 1.54) is 37.9 Å². The summed E-state index contributed by atoms with van der Waals surface area (Å²) in [5.41, 5.74) is 0.965. The fourth-order valence-corrected chi connectivity index (χ4v) is 5.20. The summed E-state index contributed by atoms with van der Waals surface area (Å²) in [5.74, 6) is 3.80. The summed E-state index contributed by atoms with van der Waals surface area (Å²) >= 11 is 2.18. The fraction of sp³-hybridized carbons (Fsp3) is 0.765. The van der Waals surface area contributed by atoms with E-state index >= 15 is 0 Å². The third kappa shape index (κ3) is 4.59. The molecule has 1 saturated heterocycles. The second-order valence-electron chi connectivity index (χ2n) is 6.66. The minimum absolute atomic E-state index is 0. The number of aromatic nitrogens is 1. The molecule has 0 amide bonds. The van der Waals surface area contributed by atoms with Crippen LogP contribution in [0.4, 0.5) is 0 Å². The molecule has 7 heteroatoms. The molecule has 1 saturated carbocycles. The molecule has 1 aromatic rings. The second-order valence-corrected chi connectivity index (χ2v) is 8.23. The van der Waals surface area contributed by atoms with Gasteiger partial charge >= 0.3 is 0 Å². The van der Waals surface area contributed by atoms with E-state index < -0.39 is 0 Å². The third-order valence-corrected chi connectivity index (χ3v) is 6.53. The van der Waals surface area contributed by atoms with E-state index in [9.17, 15) is 0 Å². The van der Waals surface area contributed by atoms with Crippen molar-refractivity contribution < 1.29 is 4.42 Å². The maximum Gasteiger partial charge on any atom is 0.214 e. The van der Waals surface area contributed by atoms with Gasteiger partial charge in [-0.05, 0) is 26.7 Å². The van der Waals surface area contributed by atoms with Gasteiger partial charge in [0.2, 0.25) is 5.89 Å². The molecule has 3 rings (SSSR count). The standard InChI is InChI=1S/C17H28N4OS.HI/c1-13-14(2)22-15(20-13)11-19-16(18-3)21-9-10-23-17(12-21)7-5-4-6-8-17;/h4-12H2,1-3H3,(H,18,19);1H. The van der Waals surface area contributed by atoms with Crippen molar-refractivity contribution in [2.45, 2.75) is 57.2 Å². The second kappa shape index (κ2) is 8.78. The first kappa shape index (κ1) is 19.9. The van der Waals surface area contributed by atoms with Crippen LogP contribution in [0.1, 0.15) is 49.4 Å². The Bertz CT molecular complexity index is 544. The average Bonchev–Trinajstić information content (AvgIpc) is 2.87. The zero-order chi connectivity index (χ0) is 16.3. The van der Waals surface area contributed by atoms with Crippen molar-refractivity contribution in [1.82, 2.24) is 15.2 Å². The van der Waals surface area contributed by atoms with Gasteiger partial charge in [0, 0.05) is 30.6 Å². The molecule has 1 aliphatic heterocycles. The van der Waals surface area contributed by atoms with Gasteiger partial charge in [-0.25, -0.2) is 4.98 Å². The molecular weight excluding hydrogens is 435 g/mol. The van der Waals surface area contributed by atoms with Crippen LogP contribution in [0.15, 0.2) is 9.41 Å². The normalized spacial score (nSPS) is 20.8. The van der Waals surface area contributed by atoms with Gasteiger partial charge in [-0.15, -0.1) is 24.0 Å². The van der Waals surface area contributed by atoms with Gasteiger partial charge in [-0.2, -0.15) is 11.8 Å². The molecule has 0 unspecified atom stereocenters. The van der Waals surface area contributed by atoms with Crippen LogP contribution in [0.3, 0.4) is 0 Å². The number of hydrogen-bond donors (Lipinski definition) is 1.